The summed E-state index contributed by atoms with van der Waals surface area (Å²) in [5.41, 5.74) is 5.68. The number of carboxylic acids is 1. The number of aromatic nitrogens is 2. The number of carbonyl (C=O) groups is 1. The molecule has 3 N–H and O–H groups in total. The molecule has 0 aromatic carbocycles. The zero-order chi connectivity index (χ0) is 23.8. The molecule has 1 heterocycles. The van der Waals surface area contributed by atoms with Crippen molar-refractivity contribution in [2.45, 2.75) is 79.2 Å². The van der Waals surface area contributed by atoms with Crippen molar-refractivity contribution >= 4 is 23.7 Å². The first-order valence-corrected chi connectivity index (χ1v) is 12.6. The molecule has 0 aliphatic carbocycles. The highest BCUT2D eigenvalue weighted by Gasteiger charge is 2.17. The van der Waals surface area contributed by atoms with Crippen LogP contribution in [0.5, 0.6) is 0 Å². The molecular weight excluding hydrogens is 418 g/mol. The summed E-state index contributed by atoms with van der Waals surface area (Å²) >= 11 is 1.61. The van der Waals surface area contributed by atoms with E-state index in [0.717, 1.165) is 44.3 Å². The Kier molecular flexibility index (Phi) is 14.3. The number of H-pyrrole nitrogens is 1. The zero-order valence-electron chi connectivity index (χ0n) is 20.4. The topological polar surface area (TPSA) is 78.0 Å². The molecule has 6 heteroatoms. The van der Waals surface area contributed by atoms with Crippen LogP contribution in [0.15, 0.2) is 59.0 Å². The van der Waals surface area contributed by atoms with Crippen LogP contribution in [-0.2, 0) is 4.79 Å². The second-order valence-electron chi connectivity index (χ2n) is 8.56. The Bertz CT molecular complexity index is 788. The summed E-state index contributed by atoms with van der Waals surface area (Å²) in [5.74, 6) is 0.920. The largest absolute Gasteiger partial charge is 0.480 e. The predicted octanol–water partition coefficient (Wildman–Crippen LogP) is 7.15. The Morgan fingerprint density at radius 2 is 1.56 bits per heavy atom. The van der Waals surface area contributed by atoms with Crippen LogP contribution in [0.2, 0.25) is 0 Å². The van der Waals surface area contributed by atoms with Crippen LogP contribution < -0.4 is 5.32 Å². The molecule has 0 spiro atoms. The smallest absolute Gasteiger partial charge is 0.327 e. The number of carboxylic acid groups (broad SMARTS) is 1. The van der Waals surface area contributed by atoms with Crippen molar-refractivity contribution in [3.63, 3.8) is 0 Å². The molecule has 1 rings (SSSR count). The third-order valence-corrected chi connectivity index (χ3v) is 6.07. The highest BCUT2D eigenvalue weighted by atomic mass is 32.2. The quantitative estimate of drug-likeness (QED) is 0.181. The minimum absolute atomic E-state index is 0.486. The third kappa shape index (κ3) is 14.0. The molecule has 0 fully saturated rings. The molecule has 0 saturated carbocycles. The number of thioether (sulfide) groups is 1. The van der Waals surface area contributed by atoms with Gasteiger partial charge in [-0.05, 0) is 73.1 Å². The molecule has 0 saturated heterocycles. The van der Waals surface area contributed by atoms with E-state index in [2.05, 4.69) is 74.2 Å². The number of allylic oxidation sites excluding steroid dienone is 7. The lowest BCUT2D eigenvalue weighted by Crippen LogP contribution is -2.32. The van der Waals surface area contributed by atoms with Crippen molar-refractivity contribution < 1.29 is 9.90 Å². The predicted molar refractivity (Wildman–Crippen MR) is 139 cm³/mol. The van der Waals surface area contributed by atoms with Gasteiger partial charge < -0.3 is 15.4 Å². The van der Waals surface area contributed by atoms with Crippen LogP contribution in [0, 0.1) is 0 Å². The number of imidazole rings is 1. The van der Waals surface area contributed by atoms with E-state index >= 15 is 0 Å². The summed E-state index contributed by atoms with van der Waals surface area (Å²) in [4.78, 5) is 18.3. The molecule has 0 radical (unpaired) electrons. The lowest BCUT2D eigenvalue weighted by Gasteiger charge is -2.12. The minimum Gasteiger partial charge on any atom is -0.480 e. The normalized spacial score (nSPS) is 13.7. The van der Waals surface area contributed by atoms with Gasteiger partial charge in [-0.1, -0.05) is 46.6 Å². The SMILES string of the molecule is CC(C)=CCC/C(C)=C/CC/C(C)=C/CC/C(C)=C/CSCC(Nc1ncc[nH]1)C(=O)O. The van der Waals surface area contributed by atoms with Crippen molar-refractivity contribution in [1.82, 2.24) is 9.97 Å². The fourth-order valence-electron chi connectivity index (χ4n) is 3.06. The van der Waals surface area contributed by atoms with Crippen molar-refractivity contribution in [3.05, 3.63) is 59.0 Å². The number of nitrogens with zero attached hydrogens (tertiary/aromatic N) is 1. The van der Waals surface area contributed by atoms with Crippen LogP contribution in [0.25, 0.3) is 0 Å². The third-order valence-electron chi connectivity index (χ3n) is 5.10. The Hall–Kier alpha value is -2.21. The van der Waals surface area contributed by atoms with Crippen LogP contribution in [0.3, 0.4) is 0 Å². The van der Waals surface area contributed by atoms with Crippen LogP contribution >= 0.6 is 11.8 Å². The van der Waals surface area contributed by atoms with Crippen LogP contribution in [0.4, 0.5) is 5.95 Å². The molecule has 0 aliphatic heterocycles. The Morgan fingerprint density at radius 3 is 2.06 bits per heavy atom. The Morgan fingerprint density at radius 1 is 1.00 bits per heavy atom. The molecule has 0 bridgehead atoms. The average Bonchev–Trinajstić information content (AvgIpc) is 3.23. The summed E-state index contributed by atoms with van der Waals surface area (Å²) < 4.78 is 0. The molecule has 5 nitrogen and oxygen atoms in total. The summed E-state index contributed by atoms with van der Waals surface area (Å²) in [6.07, 6.45) is 19.1. The molecule has 1 unspecified atom stereocenters. The maximum Gasteiger partial charge on any atom is 0.327 e. The molecule has 1 aromatic heterocycles. The summed E-state index contributed by atoms with van der Waals surface area (Å²) in [5, 5.41) is 12.3. The number of anilines is 1. The number of nitrogens with one attached hydrogen (secondary N) is 2. The highest BCUT2D eigenvalue weighted by Crippen LogP contribution is 2.15. The standard InChI is InChI=1S/C26H41N3O2S/c1-20(2)9-6-10-21(3)11-7-12-22(4)13-8-14-23(5)15-18-32-19-24(25(30)31)29-26-27-16-17-28-26/h9,11,13,15-17,24H,6-8,10,12,14,18-19H2,1-5H3,(H,30,31)(H2,27,28,29)/b21-11+,22-13+,23-15+. The van der Waals surface area contributed by atoms with Gasteiger partial charge in [0, 0.05) is 23.9 Å². The van der Waals surface area contributed by atoms with Gasteiger partial charge in [0.15, 0.2) is 0 Å². The van der Waals surface area contributed by atoms with E-state index in [4.69, 9.17) is 0 Å². The average molecular weight is 460 g/mol. The maximum atomic E-state index is 11.4. The lowest BCUT2D eigenvalue weighted by molar-refractivity contribution is -0.137. The van der Waals surface area contributed by atoms with Gasteiger partial charge in [0.1, 0.15) is 6.04 Å². The second-order valence-corrected chi connectivity index (χ2v) is 9.63. The fraction of sp³-hybridized carbons (Fsp3) is 0.538. The van der Waals surface area contributed by atoms with Gasteiger partial charge in [-0.2, -0.15) is 11.8 Å². The van der Waals surface area contributed by atoms with E-state index in [9.17, 15) is 9.90 Å². The number of hydrogen-bond acceptors (Lipinski definition) is 4. The van der Waals surface area contributed by atoms with Crippen molar-refractivity contribution in [2.75, 3.05) is 16.8 Å². The van der Waals surface area contributed by atoms with E-state index < -0.39 is 12.0 Å². The van der Waals surface area contributed by atoms with E-state index in [1.54, 1.807) is 24.2 Å². The number of aliphatic carboxylic acids is 1. The van der Waals surface area contributed by atoms with Gasteiger partial charge in [-0.3, -0.25) is 0 Å². The number of rotatable bonds is 16. The molecule has 0 aliphatic rings. The Balaban J connectivity index is 2.24. The number of aromatic amines is 1. The second kappa shape index (κ2) is 16.4. The highest BCUT2D eigenvalue weighted by molar-refractivity contribution is 7.99. The van der Waals surface area contributed by atoms with Gasteiger partial charge in [0.2, 0.25) is 5.95 Å². The first kappa shape index (κ1) is 27.8. The van der Waals surface area contributed by atoms with E-state index in [-0.39, 0.29) is 0 Å². The first-order valence-electron chi connectivity index (χ1n) is 11.4. The van der Waals surface area contributed by atoms with Crippen molar-refractivity contribution in [3.8, 4) is 0 Å². The van der Waals surface area contributed by atoms with Crippen molar-refractivity contribution in [2.24, 2.45) is 0 Å². The first-order chi connectivity index (χ1) is 15.3. The van der Waals surface area contributed by atoms with Crippen LogP contribution in [0.1, 0.15) is 73.1 Å². The van der Waals surface area contributed by atoms with E-state index in [0.29, 0.717) is 11.7 Å². The van der Waals surface area contributed by atoms with Gasteiger partial charge in [-0.15, -0.1) is 0 Å². The van der Waals surface area contributed by atoms with Gasteiger partial charge in [-0.25, -0.2) is 9.78 Å². The summed E-state index contributed by atoms with van der Waals surface area (Å²) in [7, 11) is 0. The summed E-state index contributed by atoms with van der Waals surface area (Å²) in [6.45, 7) is 10.9. The number of hydrogen-bond donors (Lipinski definition) is 3. The lowest BCUT2D eigenvalue weighted by atomic mass is 10.0. The molecule has 178 valence electrons. The Labute approximate surface area is 198 Å². The maximum absolute atomic E-state index is 11.4. The summed E-state index contributed by atoms with van der Waals surface area (Å²) in [6, 6.07) is -0.657. The molecule has 32 heavy (non-hydrogen) atoms. The molecule has 1 atom stereocenters. The molecule has 1 aromatic rings. The minimum atomic E-state index is -0.867. The fourth-order valence-corrected chi connectivity index (χ4v) is 4.06. The van der Waals surface area contributed by atoms with E-state index in [1.165, 1.54) is 22.3 Å². The van der Waals surface area contributed by atoms with Gasteiger partial charge in [0.05, 0.1) is 0 Å². The van der Waals surface area contributed by atoms with Crippen molar-refractivity contribution in [1.29, 1.82) is 0 Å². The zero-order valence-corrected chi connectivity index (χ0v) is 21.2. The van der Waals surface area contributed by atoms with E-state index in [1.807, 2.05) is 0 Å². The molecule has 0 amide bonds. The molecular formula is C26H41N3O2S. The van der Waals surface area contributed by atoms with Gasteiger partial charge in [0.25, 0.3) is 0 Å². The van der Waals surface area contributed by atoms with Gasteiger partial charge >= 0.3 is 5.97 Å². The van der Waals surface area contributed by atoms with Crippen LogP contribution in [-0.4, -0.2) is 38.6 Å². The monoisotopic (exact) mass is 459 g/mol.